The number of fused-ring (bicyclic) bond motifs is 2. The second-order valence-electron chi connectivity index (χ2n) is 15.5. The van der Waals surface area contributed by atoms with Crippen LogP contribution in [0.5, 0.6) is 0 Å². The molecular formula is C41H55NO8. The Kier molecular flexibility index (Phi) is 10.9. The highest BCUT2D eigenvalue weighted by Crippen LogP contribution is 2.48. The molecule has 2 bridgehead atoms. The van der Waals surface area contributed by atoms with E-state index in [9.17, 15) is 19.8 Å². The first-order valence-electron chi connectivity index (χ1n) is 18.5. The normalized spacial score (nSPS) is 42.5. The molecule has 272 valence electrons. The van der Waals surface area contributed by atoms with E-state index in [1.807, 2.05) is 44.2 Å². The lowest BCUT2D eigenvalue weighted by Gasteiger charge is -2.51. The highest BCUT2D eigenvalue weighted by Gasteiger charge is 2.60. The van der Waals surface area contributed by atoms with Gasteiger partial charge in [-0.2, -0.15) is 0 Å². The predicted octanol–water partition coefficient (Wildman–Crippen LogP) is 5.97. The van der Waals surface area contributed by atoms with Gasteiger partial charge >= 0.3 is 5.97 Å². The van der Waals surface area contributed by atoms with Gasteiger partial charge in [0.25, 0.3) is 5.91 Å². The van der Waals surface area contributed by atoms with Gasteiger partial charge in [-0.25, -0.2) is 0 Å². The maximum atomic E-state index is 14.2. The van der Waals surface area contributed by atoms with Gasteiger partial charge in [0.15, 0.2) is 5.79 Å². The summed E-state index contributed by atoms with van der Waals surface area (Å²) in [7, 11) is 0. The maximum Gasteiger partial charge on any atom is 0.316 e. The first-order valence-corrected chi connectivity index (χ1v) is 18.5. The molecular weight excluding hydrogens is 634 g/mol. The minimum atomic E-state index is -1.79. The zero-order chi connectivity index (χ0) is 35.8. The number of carbonyl (C=O) groups is 2. The number of nitrogens with one attached hydrogen (secondary N) is 1. The van der Waals surface area contributed by atoms with Crippen LogP contribution in [0.15, 0.2) is 77.4 Å². The van der Waals surface area contributed by atoms with Crippen molar-refractivity contribution >= 4 is 11.9 Å². The summed E-state index contributed by atoms with van der Waals surface area (Å²) in [6.07, 6.45) is 10.4. The lowest BCUT2D eigenvalue weighted by Crippen LogP contribution is -2.58. The van der Waals surface area contributed by atoms with E-state index in [1.54, 1.807) is 31.2 Å². The summed E-state index contributed by atoms with van der Waals surface area (Å²) in [5.74, 6) is -2.12. The number of carbonyl (C=O) groups excluding carboxylic acids is 2. The fourth-order valence-corrected chi connectivity index (χ4v) is 8.62. The van der Waals surface area contributed by atoms with Crippen molar-refractivity contribution in [3.63, 3.8) is 0 Å². The van der Waals surface area contributed by atoms with Gasteiger partial charge in [0.1, 0.15) is 29.8 Å². The monoisotopic (exact) mass is 689 g/mol. The molecule has 3 N–H and O–H groups in total. The molecule has 3 fully saturated rings. The third-order valence-electron chi connectivity index (χ3n) is 11.9. The lowest BCUT2D eigenvalue weighted by molar-refractivity contribution is -0.340. The van der Waals surface area contributed by atoms with E-state index in [4.69, 9.17) is 18.9 Å². The lowest BCUT2D eigenvalue weighted by atomic mass is 9.71. The number of esters is 1. The smallest absolute Gasteiger partial charge is 0.316 e. The Balaban J connectivity index is 1.39. The van der Waals surface area contributed by atoms with E-state index >= 15 is 0 Å². The molecule has 1 spiro atoms. The van der Waals surface area contributed by atoms with E-state index in [1.165, 1.54) is 0 Å². The first-order chi connectivity index (χ1) is 23.8. The standard InChI is InChI=1S/C41H55NO8/c1-7-24(2)36-27(5)18-19-40(50-36)22-32-21-31(49-40)17-16-26(4)34(42-38(44)29-13-9-8-10-14-29)25(3)12-11-15-30-23-47-37-35(43)28(6)20-33(39(45)48-32)41(30,37)46/h8-16,20,24-25,27,31-37,43,46H,7,17-19,21-23H2,1-6H3,(H,42,44)/b12-11+,26-16+,30-15+/t24-,25-,27-,31+,32-,33-,34+,35+,36+,37+,40+,41+/m0/s1. The van der Waals surface area contributed by atoms with Crippen LogP contribution in [-0.2, 0) is 23.7 Å². The van der Waals surface area contributed by atoms with Gasteiger partial charge in [0.2, 0.25) is 0 Å². The summed E-state index contributed by atoms with van der Waals surface area (Å²) in [4.78, 5) is 27.6. The molecule has 9 heteroatoms. The molecule has 3 saturated heterocycles. The van der Waals surface area contributed by atoms with E-state index in [0.717, 1.165) is 18.4 Å². The predicted molar refractivity (Wildman–Crippen MR) is 190 cm³/mol. The number of ether oxygens (including phenoxy) is 4. The van der Waals surface area contributed by atoms with Crippen molar-refractivity contribution in [1.29, 1.82) is 0 Å². The molecule has 50 heavy (non-hydrogen) atoms. The Hall–Kier alpha value is -3.08. The van der Waals surface area contributed by atoms with Gasteiger partial charge in [-0.1, -0.05) is 88.3 Å². The summed E-state index contributed by atoms with van der Waals surface area (Å²) >= 11 is 0. The average molecular weight is 690 g/mol. The quantitative estimate of drug-likeness (QED) is 0.261. The van der Waals surface area contributed by atoms with Crippen LogP contribution in [0.2, 0.25) is 0 Å². The molecule has 1 aliphatic carbocycles. The van der Waals surface area contributed by atoms with Crippen LogP contribution in [-0.4, -0.2) is 76.6 Å². The van der Waals surface area contributed by atoms with Crippen molar-refractivity contribution in [3.8, 4) is 0 Å². The maximum absolute atomic E-state index is 14.2. The van der Waals surface area contributed by atoms with Crippen molar-refractivity contribution in [3.05, 3.63) is 83.0 Å². The number of aliphatic hydroxyl groups excluding tert-OH is 1. The van der Waals surface area contributed by atoms with Gasteiger partial charge in [-0.15, -0.1) is 0 Å². The van der Waals surface area contributed by atoms with E-state index in [2.05, 4.69) is 32.2 Å². The Morgan fingerprint density at radius 3 is 2.60 bits per heavy atom. The van der Waals surface area contributed by atoms with Crippen molar-refractivity contribution in [2.45, 2.75) is 128 Å². The summed E-state index contributed by atoms with van der Waals surface area (Å²) in [5, 5.41) is 26.7. The van der Waals surface area contributed by atoms with Crippen LogP contribution in [0, 0.1) is 23.7 Å². The number of rotatable bonds is 4. The molecule has 0 saturated carbocycles. The van der Waals surface area contributed by atoms with Crippen molar-refractivity contribution in [2.75, 3.05) is 6.61 Å². The van der Waals surface area contributed by atoms with E-state index in [0.29, 0.717) is 54.2 Å². The first kappa shape index (κ1) is 36.7. The molecule has 5 aliphatic rings. The second kappa shape index (κ2) is 14.9. The molecule has 4 heterocycles. The van der Waals surface area contributed by atoms with Crippen LogP contribution in [0.1, 0.15) is 90.4 Å². The summed E-state index contributed by atoms with van der Waals surface area (Å²) in [6.45, 7) is 12.5. The Labute approximate surface area is 296 Å². The topological polar surface area (TPSA) is 124 Å². The zero-order valence-electron chi connectivity index (χ0n) is 30.3. The second-order valence-corrected chi connectivity index (χ2v) is 15.5. The Morgan fingerprint density at radius 1 is 1.10 bits per heavy atom. The van der Waals surface area contributed by atoms with Gasteiger partial charge in [-0.3, -0.25) is 9.59 Å². The molecule has 9 nitrogen and oxygen atoms in total. The minimum absolute atomic E-state index is 0.0134. The summed E-state index contributed by atoms with van der Waals surface area (Å²) in [5.41, 5.74) is 0.813. The van der Waals surface area contributed by atoms with Gasteiger partial charge in [0, 0.05) is 24.8 Å². The summed E-state index contributed by atoms with van der Waals surface area (Å²) in [6, 6.07) is 8.84. The number of allylic oxidation sites excluding steroid dienone is 2. The van der Waals surface area contributed by atoms with Gasteiger partial charge in [0.05, 0.1) is 24.9 Å². The van der Waals surface area contributed by atoms with Crippen LogP contribution >= 0.6 is 0 Å². The highest BCUT2D eigenvalue weighted by molar-refractivity contribution is 5.94. The highest BCUT2D eigenvalue weighted by atomic mass is 16.7. The van der Waals surface area contributed by atoms with Crippen LogP contribution in [0.3, 0.4) is 0 Å². The van der Waals surface area contributed by atoms with Gasteiger partial charge in [-0.05, 0) is 67.7 Å². The molecule has 4 aliphatic heterocycles. The number of aliphatic hydroxyl groups is 2. The number of amides is 1. The van der Waals surface area contributed by atoms with Crippen molar-refractivity contribution < 1.29 is 38.7 Å². The van der Waals surface area contributed by atoms with Crippen LogP contribution in [0.25, 0.3) is 0 Å². The van der Waals surface area contributed by atoms with Crippen LogP contribution in [0.4, 0.5) is 0 Å². The molecule has 0 aromatic heterocycles. The van der Waals surface area contributed by atoms with E-state index < -0.39 is 41.6 Å². The number of benzene rings is 1. The molecule has 0 unspecified atom stereocenters. The molecule has 1 aromatic rings. The van der Waals surface area contributed by atoms with Gasteiger partial charge < -0.3 is 34.5 Å². The minimum Gasteiger partial charge on any atom is -0.462 e. The number of hydrogen-bond donors (Lipinski definition) is 3. The fourth-order valence-electron chi connectivity index (χ4n) is 8.62. The third-order valence-corrected chi connectivity index (χ3v) is 11.9. The van der Waals surface area contributed by atoms with E-state index in [-0.39, 0.29) is 36.7 Å². The molecule has 12 atom stereocenters. The molecule has 6 rings (SSSR count). The molecule has 1 amide bonds. The van der Waals surface area contributed by atoms with Crippen molar-refractivity contribution in [2.24, 2.45) is 23.7 Å². The molecule has 1 aromatic carbocycles. The van der Waals surface area contributed by atoms with Crippen LogP contribution < -0.4 is 5.32 Å². The molecule has 0 radical (unpaired) electrons. The fraction of sp³-hybridized carbons (Fsp3) is 0.610. The largest absolute Gasteiger partial charge is 0.462 e. The number of hydrogen-bond acceptors (Lipinski definition) is 8. The Morgan fingerprint density at radius 2 is 1.86 bits per heavy atom. The SMILES string of the molecule is CC[C@H](C)[C@H]1O[C@]2(CC[C@@H]1C)C[C@@H]1C[C@@H](C/C=C(\C)[C@H](NC(=O)c3ccccc3)[C@@H](C)/C=C/C=C3\CO[C@@H]4[C@H](O)C(C)=C[C@@H](C(=O)O1)[C@]34O)O2. The average Bonchev–Trinajstić information content (AvgIpc) is 3.44. The van der Waals surface area contributed by atoms with Crippen molar-refractivity contribution in [1.82, 2.24) is 5.32 Å². The Bertz CT molecular complexity index is 1530. The zero-order valence-corrected chi connectivity index (χ0v) is 30.3. The third kappa shape index (κ3) is 7.17. The summed E-state index contributed by atoms with van der Waals surface area (Å²) < 4.78 is 26.1.